The molecule has 152 valence electrons. The number of nitrogens with zero attached hydrogens (tertiary/aromatic N) is 1. The Morgan fingerprint density at radius 3 is 2.79 bits per heavy atom. The summed E-state index contributed by atoms with van der Waals surface area (Å²) in [5, 5.41) is -0.0643. The van der Waals surface area contributed by atoms with Crippen molar-refractivity contribution in [3.8, 4) is 11.3 Å². The summed E-state index contributed by atoms with van der Waals surface area (Å²) in [5.41, 5.74) is 0.869. The minimum Gasteiger partial charge on any atom is -0.462 e. The van der Waals surface area contributed by atoms with Gasteiger partial charge in [-0.05, 0) is 49.0 Å². The van der Waals surface area contributed by atoms with Crippen molar-refractivity contribution in [2.45, 2.75) is 6.92 Å². The van der Waals surface area contributed by atoms with Crippen molar-refractivity contribution in [1.29, 1.82) is 0 Å². The van der Waals surface area contributed by atoms with Crippen LogP contribution in [0.25, 0.3) is 17.4 Å². The van der Waals surface area contributed by atoms with E-state index < -0.39 is 5.97 Å². The molecule has 2 heterocycles. The lowest BCUT2D eigenvalue weighted by molar-refractivity contribution is -0.123. The zero-order valence-electron chi connectivity index (χ0n) is 15.8. The molecular weight excluding hydrogens is 418 g/mol. The number of methoxy groups -OCH3 is 1. The van der Waals surface area contributed by atoms with E-state index in [0.717, 1.165) is 16.7 Å². The maximum absolute atomic E-state index is 12.4. The Kier molecular flexibility index (Phi) is 6.79. The van der Waals surface area contributed by atoms with Crippen LogP contribution in [0, 0.1) is 0 Å². The summed E-state index contributed by atoms with van der Waals surface area (Å²) in [6.07, 6.45) is 1.52. The molecule has 0 bridgehead atoms. The fourth-order valence-corrected chi connectivity index (χ4v) is 3.67. The lowest BCUT2D eigenvalue weighted by atomic mass is 10.1. The number of amides is 2. The SMILES string of the molecule is CCOC(=O)c1cc(-c2ccc(/C=C3/SC(=O)N(CCOC)C3=O)o2)ccc1Cl. The average molecular weight is 436 g/mol. The Balaban J connectivity index is 1.82. The van der Waals surface area contributed by atoms with Crippen LogP contribution < -0.4 is 0 Å². The number of carbonyl (C=O) groups is 3. The van der Waals surface area contributed by atoms with Crippen LogP contribution in [0.2, 0.25) is 5.02 Å². The van der Waals surface area contributed by atoms with Gasteiger partial charge >= 0.3 is 5.97 Å². The van der Waals surface area contributed by atoms with Crippen molar-refractivity contribution in [3.05, 3.63) is 51.6 Å². The van der Waals surface area contributed by atoms with Crippen LogP contribution in [0.4, 0.5) is 4.79 Å². The zero-order chi connectivity index (χ0) is 21.0. The number of rotatable bonds is 7. The monoisotopic (exact) mass is 435 g/mol. The molecule has 0 atom stereocenters. The molecule has 2 amide bonds. The lowest BCUT2D eigenvalue weighted by Crippen LogP contribution is -2.31. The van der Waals surface area contributed by atoms with Gasteiger partial charge in [-0.1, -0.05) is 11.6 Å². The fourth-order valence-electron chi connectivity index (χ4n) is 2.63. The predicted molar refractivity (Wildman–Crippen MR) is 110 cm³/mol. The van der Waals surface area contributed by atoms with Gasteiger partial charge in [-0.3, -0.25) is 14.5 Å². The molecule has 1 aromatic carbocycles. The first-order valence-electron chi connectivity index (χ1n) is 8.75. The van der Waals surface area contributed by atoms with Crippen LogP contribution in [0.15, 0.2) is 39.7 Å². The summed E-state index contributed by atoms with van der Waals surface area (Å²) in [5.74, 6) is -0.0103. The molecular formula is C20H18ClNO6S. The van der Waals surface area contributed by atoms with Gasteiger partial charge in [0, 0.05) is 18.7 Å². The average Bonchev–Trinajstić information content (AvgIpc) is 3.26. The minimum atomic E-state index is -0.518. The van der Waals surface area contributed by atoms with E-state index in [-0.39, 0.29) is 46.4 Å². The van der Waals surface area contributed by atoms with Gasteiger partial charge in [0.1, 0.15) is 11.5 Å². The summed E-state index contributed by atoms with van der Waals surface area (Å²) in [6.45, 7) is 2.42. The van der Waals surface area contributed by atoms with Crippen molar-refractivity contribution in [2.75, 3.05) is 26.9 Å². The third kappa shape index (κ3) is 4.72. The standard InChI is InChI=1S/C20H18ClNO6S/c1-3-27-19(24)14-10-12(4-6-15(14)21)16-7-5-13(28-16)11-17-18(23)22(8-9-26-2)20(25)29-17/h4-7,10-11H,3,8-9H2,1-2H3/b17-11+. The van der Waals surface area contributed by atoms with Crippen LogP contribution in [0.3, 0.4) is 0 Å². The number of halogens is 1. The van der Waals surface area contributed by atoms with Crippen molar-refractivity contribution in [2.24, 2.45) is 0 Å². The summed E-state index contributed by atoms with van der Waals surface area (Å²) in [7, 11) is 1.50. The molecule has 7 nitrogen and oxygen atoms in total. The summed E-state index contributed by atoms with van der Waals surface area (Å²) < 4.78 is 15.7. The topological polar surface area (TPSA) is 86.0 Å². The van der Waals surface area contributed by atoms with E-state index in [1.807, 2.05) is 0 Å². The van der Waals surface area contributed by atoms with E-state index in [9.17, 15) is 14.4 Å². The molecule has 0 aliphatic carbocycles. The summed E-state index contributed by atoms with van der Waals surface area (Å²) in [6, 6.07) is 8.27. The van der Waals surface area contributed by atoms with Crippen LogP contribution >= 0.6 is 23.4 Å². The number of hydrogen-bond acceptors (Lipinski definition) is 7. The number of carbonyl (C=O) groups excluding carboxylic acids is 3. The Morgan fingerprint density at radius 2 is 2.07 bits per heavy atom. The molecule has 1 fully saturated rings. The smallest absolute Gasteiger partial charge is 0.339 e. The zero-order valence-corrected chi connectivity index (χ0v) is 17.3. The Hall–Kier alpha value is -2.55. The van der Waals surface area contributed by atoms with Gasteiger partial charge in [0.15, 0.2) is 0 Å². The summed E-state index contributed by atoms with van der Waals surface area (Å²) in [4.78, 5) is 37.8. The highest BCUT2D eigenvalue weighted by Crippen LogP contribution is 2.33. The molecule has 0 saturated carbocycles. The van der Waals surface area contributed by atoms with Crippen molar-refractivity contribution in [1.82, 2.24) is 4.90 Å². The van der Waals surface area contributed by atoms with Crippen molar-refractivity contribution >= 4 is 46.6 Å². The third-order valence-electron chi connectivity index (χ3n) is 4.04. The van der Waals surface area contributed by atoms with Gasteiger partial charge in [-0.25, -0.2) is 4.79 Å². The second-order valence-electron chi connectivity index (χ2n) is 5.94. The lowest BCUT2D eigenvalue weighted by Gasteiger charge is -2.10. The molecule has 29 heavy (non-hydrogen) atoms. The number of imide groups is 1. The number of hydrogen-bond donors (Lipinski definition) is 0. The highest BCUT2D eigenvalue weighted by molar-refractivity contribution is 8.18. The highest BCUT2D eigenvalue weighted by Gasteiger charge is 2.34. The molecule has 1 aliphatic heterocycles. The highest BCUT2D eigenvalue weighted by atomic mass is 35.5. The molecule has 0 radical (unpaired) electrons. The predicted octanol–water partition coefficient (Wildman–Crippen LogP) is 4.46. The van der Waals surface area contributed by atoms with Gasteiger partial charge in [-0.15, -0.1) is 0 Å². The largest absolute Gasteiger partial charge is 0.462 e. The third-order valence-corrected chi connectivity index (χ3v) is 5.28. The Bertz CT molecular complexity index is 983. The first-order valence-corrected chi connectivity index (χ1v) is 9.95. The Morgan fingerprint density at radius 1 is 1.28 bits per heavy atom. The van der Waals surface area contributed by atoms with E-state index in [4.69, 9.17) is 25.5 Å². The second-order valence-corrected chi connectivity index (χ2v) is 7.34. The molecule has 0 unspecified atom stereocenters. The fraction of sp³-hybridized carbons (Fsp3) is 0.250. The molecule has 9 heteroatoms. The van der Waals surface area contributed by atoms with E-state index >= 15 is 0 Å². The molecule has 0 spiro atoms. The van der Waals surface area contributed by atoms with Crippen molar-refractivity contribution in [3.63, 3.8) is 0 Å². The summed E-state index contributed by atoms with van der Waals surface area (Å²) >= 11 is 6.94. The van der Waals surface area contributed by atoms with E-state index in [0.29, 0.717) is 17.1 Å². The first-order chi connectivity index (χ1) is 13.9. The van der Waals surface area contributed by atoms with Gasteiger partial charge in [0.05, 0.1) is 35.2 Å². The van der Waals surface area contributed by atoms with Crippen LogP contribution in [0.1, 0.15) is 23.0 Å². The minimum absolute atomic E-state index is 0.198. The normalized spacial score (nSPS) is 15.4. The first kappa shape index (κ1) is 21.2. The molecule has 0 N–H and O–H groups in total. The Labute approximate surface area is 176 Å². The number of furan rings is 1. The second kappa shape index (κ2) is 9.30. The van der Waals surface area contributed by atoms with E-state index in [1.165, 1.54) is 13.2 Å². The van der Waals surface area contributed by atoms with Crippen LogP contribution in [-0.2, 0) is 14.3 Å². The number of thioether (sulfide) groups is 1. The number of benzene rings is 1. The van der Waals surface area contributed by atoms with Gasteiger partial charge in [0.25, 0.3) is 11.1 Å². The van der Waals surface area contributed by atoms with Gasteiger partial charge < -0.3 is 13.9 Å². The van der Waals surface area contributed by atoms with Crippen LogP contribution in [-0.4, -0.2) is 48.9 Å². The molecule has 1 saturated heterocycles. The maximum Gasteiger partial charge on any atom is 0.339 e. The number of ether oxygens (including phenoxy) is 2. The van der Waals surface area contributed by atoms with E-state index in [2.05, 4.69) is 0 Å². The molecule has 1 aliphatic rings. The molecule has 3 rings (SSSR count). The molecule has 2 aromatic rings. The molecule has 1 aromatic heterocycles. The van der Waals surface area contributed by atoms with Crippen molar-refractivity contribution < 1.29 is 28.3 Å². The maximum atomic E-state index is 12.4. The van der Waals surface area contributed by atoms with Gasteiger partial charge in [-0.2, -0.15) is 0 Å². The van der Waals surface area contributed by atoms with Crippen LogP contribution in [0.5, 0.6) is 0 Å². The quantitative estimate of drug-likeness (QED) is 0.468. The van der Waals surface area contributed by atoms with Gasteiger partial charge in [0.2, 0.25) is 0 Å². The number of esters is 1. The van der Waals surface area contributed by atoms with E-state index in [1.54, 1.807) is 37.3 Å².